The highest BCUT2D eigenvalue weighted by molar-refractivity contribution is 8.00. The summed E-state index contributed by atoms with van der Waals surface area (Å²) in [5, 5.41) is 2.24. The van der Waals surface area contributed by atoms with Gasteiger partial charge in [0.25, 0.3) is 5.91 Å². The van der Waals surface area contributed by atoms with Gasteiger partial charge < -0.3 is 10.1 Å². The second-order valence-electron chi connectivity index (χ2n) is 6.91. The van der Waals surface area contributed by atoms with Gasteiger partial charge in [-0.2, -0.15) is 0 Å². The molecule has 0 radical (unpaired) electrons. The van der Waals surface area contributed by atoms with Gasteiger partial charge in [0.2, 0.25) is 6.41 Å². The third-order valence-electron chi connectivity index (χ3n) is 5.03. The van der Waals surface area contributed by atoms with E-state index in [0.717, 1.165) is 16.7 Å². The van der Waals surface area contributed by atoms with Gasteiger partial charge in [0.05, 0.1) is 0 Å². The molecule has 2 atom stereocenters. The van der Waals surface area contributed by atoms with E-state index in [-0.39, 0.29) is 17.0 Å². The number of nitrogens with one attached hydrogen (secondary N) is 1. The summed E-state index contributed by atoms with van der Waals surface area (Å²) in [6.45, 7) is 1.83. The number of thioether (sulfide) groups is 1. The van der Waals surface area contributed by atoms with Gasteiger partial charge in [0, 0.05) is 5.75 Å². The van der Waals surface area contributed by atoms with Crippen molar-refractivity contribution in [2.45, 2.75) is 24.4 Å². The second kappa shape index (κ2) is 8.13. The number of β-lactam (4-membered cyclic amide) rings is 1. The Bertz CT molecular complexity index is 922. The van der Waals surface area contributed by atoms with Crippen LogP contribution in [0.4, 0.5) is 0 Å². The van der Waals surface area contributed by atoms with E-state index >= 15 is 0 Å². The standard InChI is InChI=1S/C22H20N2O4S/c1-14-12-29-21-17(23-13-25)20(26)24(21)18(14)22(27)28-19(15-8-4-2-5-9-15)16-10-6-3-7-11-16/h2-11,13,17,19,21H,12H2,1H3,(H,23,25)/t17?,21-/m0/s1. The predicted octanol–water partition coefficient (Wildman–Crippen LogP) is 2.62. The van der Waals surface area contributed by atoms with Gasteiger partial charge in [-0.25, -0.2) is 4.79 Å². The SMILES string of the molecule is CC1=C(C(=O)OC(c2ccccc2)c2ccccc2)N2C(=O)C(NC=O)[C@@H]2SC1. The summed E-state index contributed by atoms with van der Waals surface area (Å²) in [7, 11) is 0. The van der Waals surface area contributed by atoms with Crippen molar-refractivity contribution in [1.82, 2.24) is 10.2 Å². The molecular weight excluding hydrogens is 388 g/mol. The highest BCUT2D eigenvalue weighted by Crippen LogP contribution is 2.41. The fraction of sp³-hybridized carbons (Fsp3) is 0.227. The van der Waals surface area contributed by atoms with Crippen LogP contribution in [0.5, 0.6) is 0 Å². The van der Waals surface area contributed by atoms with E-state index in [1.807, 2.05) is 67.6 Å². The zero-order chi connectivity index (χ0) is 20.4. The van der Waals surface area contributed by atoms with E-state index in [4.69, 9.17) is 4.74 Å². The molecule has 1 fully saturated rings. The smallest absolute Gasteiger partial charge is 0.356 e. The minimum Gasteiger partial charge on any atom is -0.448 e. The van der Waals surface area contributed by atoms with Crippen LogP contribution in [0.25, 0.3) is 0 Å². The minimum absolute atomic E-state index is 0.277. The number of ether oxygens (including phenoxy) is 1. The molecule has 2 aliphatic rings. The largest absolute Gasteiger partial charge is 0.448 e. The maximum atomic E-state index is 13.2. The zero-order valence-corrected chi connectivity index (χ0v) is 16.6. The number of carbonyl (C=O) groups excluding carboxylic acids is 3. The molecule has 1 saturated heterocycles. The van der Waals surface area contributed by atoms with E-state index < -0.39 is 18.1 Å². The van der Waals surface area contributed by atoms with Crippen molar-refractivity contribution in [2.75, 3.05) is 5.75 Å². The van der Waals surface area contributed by atoms with Crippen LogP contribution < -0.4 is 5.32 Å². The van der Waals surface area contributed by atoms with E-state index in [2.05, 4.69) is 5.32 Å². The Labute approximate surface area is 172 Å². The first-order valence-electron chi connectivity index (χ1n) is 9.27. The molecule has 0 saturated carbocycles. The van der Waals surface area contributed by atoms with Crippen LogP contribution in [0.15, 0.2) is 71.9 Å². The molecule has 2 aromatic rings. The molecular formula is C22H20N2O4S. The van der Waals surface area contributed by atoms with E-state index in [9.17, 15) is 14.4 Å². The Morgan fingerprint density at radius 3 is 2.28 bits per heavy atom. The molecule has 0 aliphatic carbocycles. The van der Waals surface area contributed by atoms with Gasteiger partial charge in [-0.15, -0.1) is 11.8 Å². The number of carbonyl (C=O) groups is 3. The summed E-state index contributed by atoms with van der Waals surface area (Å²) in [5.74, 6) is -0.239. The third-order valence-corrected chi connectivity index (χ3v) is 6.45. The Morgan fingerprint density at radius 1 is 1.14 bits per heavy atom. The van der Waals surface area contributed by atoms with Crippen molar-refractivity contribution in [3.05, 3.63) is 83.1 Å². The van der Waals surface area contributed by atoms with Crippen LogP contribution >= 0.6 is 11.8 Å². The maximum Gasteiger partial charge on any atom is 0.356 e. The molecule has 0 aromatic heterocycles. The summed E-state index contributed by atoms with van der Waals surface area (Å²) < 4.78 is 5.94. The number of benzene rings is 2. The molecule has 2 heterocycles. The first kappa shape index (κ1) is 19.3. The average molecular weight is 408 g/mol. The third kappa shape index (κ3) is 3.53. The average Bonchev–Trinajstić information content (AvgIpc) is 2.76. The Kier molecular flexibility index (Phi) is 5.40. The summed E-state index contributed by atoms with van der Waals surface area (Å²) in [6, 6.07) is 18.4. The molecule has 148 valence electrons. The highest BCUT2D eigenvalue weighted by Gasteiger charge is 2.53. The molecule has 2 aliphatic heterocycles. The maximum absolute atomic E-state index is 13.2. The summed E-state index contributed by atoms with van der Waals surface area (Å²) >= 11 is 1.52. The number of fused-ring (bicyclic) bond motifs is 1. The van der Waals surface area contributed by atoms with Crippen molar-refractivity contribution < 1.29 is 19.1 Å². The van der Waals surface area contributed by atoms with Crippen LogP contribution in [-0.4, -0.2) is 40.4 Å². The van der Waals surface area contributed by atoms with Crippen molar-refractivity contribution in [1.29, 1.82) is 0 Å². The normalized spacial score (nSPS) is 20.8. The monoisotopic (exact) mass is 408 g/mol. The Morgan fingerprint density at radius 2 is 1.72 bits per heavy atom. The molecule has 0 spiro atoms. The van der Waals surface area contributed by atoms with Crippen LogP contribution in [-0.2, 0) is 19.1 Å². The Hall–Kier alpha value is -3.06. The van der Waals surface area contributed by atoms with Crippen molar-refractivity contribution in [2.24, 2.45) is 0 Å². The zero-order valence-electron chi connectivity index (χ0n) is 15.8. The van der Waals surface area contributed by atoms with Gasteiger partial charge in [-0.05, 0) is 23.6 Å². The number of nitrogens with zero attached hydrogens (tertiary/aromatic N) is 1. The number of hydrogen-bond donors (Lipinski definition) is 1. The topological polar surface area (TPSA) is 75.7 Å². The molecule has 2 aromatic carbocycles. The Balaban J connectivity index is 1.62. The summed E-state index contributed by atoms with van der Waals surface area (Å²) in [6.07, 6.45) is -0.0664. The fourth-order valence-electron chi connectivity index (χ4n) is 3.60. The first-order chi connectivity index (χ1) is 14.1. The summed E-state index contributed by atoms with van der Waals surface area (Å²) in [5.41, 5.74) is 2.76. The van der Waals surface area contributed by atoms with Gasteiger partial charge in [-0.3, -0.25) is 14.5 Å². The van der Waals surface area contributed by atoms with Gasteiger partial charge in [0.1, 0.15) is 17.1 Å². The lowest BCUT2D eigenvalue weighted by Gasteiger charge is -2.49. The van der Waals surface area contributed by atoms with Crippen LogP contribution in [0.3, 0.4) is 0 Å². The minimum atomic E-state index is -0.604. The van der Waals surface area contributed by atoms with Crippen molar-refractivity contribution >= 4 is 30.0 Å². The van der Waals surface area contributed by atoms with Crippen LogP contribution in [0.1, 0.15) is 24.2 Å². The molecule has 6 nitrogen and oxygen atoms in total. The van der Waals surface area contributed by atoms with Crippen molar-refractivity contribution in [3.63, 3.8) is 0 Å². The molecule has 7 heteroatoms. The lowest BCUT2D eigenvalue weighted by molar-refractivity contribution is -0.154. The molecule has 2 amide bonds. The van der Waals surface area contributed by atoms with E-state index in [0.29, 0.717) is 12.2 Å². The van der Waals surface area contributed by atoms with Gasteiger partial charge in [-0.1, -0.05) is 60.7 Å². The molecule has 4 rings (SSSR count). The van der Waals surface area contributed by atoms with E-state index in [1.165, 1.54) is 16.7 Å². The second-order valence-corrected chi connectivity index (χ2v) is 8.01. The van der Waals surface area contributed by atoms with Gasteiger partial charge >= 0.3 is 5.97 Å². The molecule has 29 heavy (non-hydrogen) atoms. The molecule has 0 bridgehead atoms. The first-order valence-corrected chi connectivity index (χ1v) is 10.3. The molecule has 1 N–H and O–H groups in total. The lowest BCUT2D eigenvalue weighted by Crippen LogP contribution is -2.69. The van der Waals surface area contributed by atoms with E-state index in [1.54, 1.807) is 0 Å². The number of rotatable bonds is 6. The predicted molar refractivity (Wildman–Crippen MR) is 110 cm³/mol. The fourth-order valence-corrected chi connectivity index (χ4v) is 4.91. The molecule has 1 unspecified atom stereocenters. The summed E-state index contributed by atoms with van der Waals surface area (Å²) in [4.78, 5) is 37.9. The lowest BCUT2D eigenvalue weighted by atomic mass is 10.0. The number of hydrogen-bond acceptors (Lipinski definition) is 5. The number of esters is 1. The van der Waals surface area contributed by atoms with Crippen LogP contribution in [0.2, 0.25) is 0 Å². The van der Waals surface area contributed by atoms with Crippen molar-refractivity contribution in [3.8, 4) is 0 Å². The highest BCUT2D eigenvalue weighted by atomic mass is 32.2. The number of amides is 2. The van der Waals surface area contributed by atoms with Crippen LogP contribution in [0, 0.1) is 0 Å². The quantitative estimate of drug-likeness (QED) is 0.452. The van der Waals surface area contributed by atoms with Gasteiger partial charge in [0.15, 0.2) is 6.10 Å².